The number of pyridine rings is 1. The average molecular weight is 359 g/mol. The van der Waals surface area contributed by atoms with Gasteiger partial charge in [0.1, 0.15) is 17.8 Å². The maximum atomic E-state index is 13.4. The Bertz CT molecular complexity index is 1130. The maximum Gasteiger partial charge on any atom is 0.154 e. The van der Waals surface area contributed by atoms with Crippen LogP contribution in [0.5, 0.6) is 0 Å². The van der Waals surface area contributed by atoms with Crippen LogP contribution in [0.15, 0.2) is 66.4 Å². The first-order valence-corrected chi connectivity index (χ1v) is 8.51. The molecule has 0 atom stereocenters. The molecule has 0 saturated heterocycles. The van der Waals surface area contributed by atoms with Gasteiger partial charge in [0.2, 0.25) is 0 Å². The Morgan fingerprint density at radius 2 is 1.74 bits per heavy atom. The summed E-state index contributed by atoms with van der Waals surface area (Å²) in [6.07, 6.45) is 8.46. The van der Waals surface area contributed by atoms with Crippen molar-refractivity contribution < 1.29 is 4.39 Å². The second-order valence-corrected chi connectivity index (χ2v) is 6.19. The molecule has 1 aliphatic heterocycles. The Hall–Kier alpha value is -3.68. The molecule has 0 bridgehead atoms. The molecule has 0 amide bonds. The lowest BCUT2D eigenvalue weighted by atomic mass is 10.0. The number of halogens is 1. The number of hydrogen-bond donors (Lipinski definition) is 0. The molecule has 27 heavy (non-hydrogen) atoms. The van der Waals surface area contributed by atoms with Crippen LogP contribution < -0.4 is 0 Å². The van der Waals surface area contributed by atoms with Crippen molar-refractivity contribution in [1.29, 1.82) is 0 Å². The topological polar surface area (TPSA) is 73.8 Å². The molecule has 1 aromatic carbocycles. The number of hydrogen-bond acceptors (Lipinski definition) is 5. The average Bonchev–Trinajstić information content (AvgIpc) is 3.36. The Balaban J connectivity index is 1.65. The third-order valence-electron chi connectivity index (χ3n) is 4.48. The SMILES string of the molecule is Fc1ccc(-c2nn(C3=Nn4cnnc4CC3)cc2-c2ccncc2)cc1. The molecule has 1 aliphatic rings. The van der Waals surface area contributed by atoms with Gasteiger partial charge in [-0.2, -0.15) is 10.2 Å². The van der Waals surface area contributed by atoms with Crippen LogP contribution in [0.2, 0.25) is 0 Å². The summed E-state index contributed by atoms with van der Waals surface area (Å²) >= 11 is 0. The van der Waals surface area contributed by atoms with E-state index >= 15 is 0 Å². The molecule has 0 unspecified atom stereocenters. The first-order valence-electron chi connectivity index (χ1n) is 8.51. The van der Waals surface area contributed by atoms with Crippen molar-refractivity contribution >= 4 is 5.84 Å². The fourth-order valence-corrected chi connectivity index (χ4v) is 3.13. The van der Waals surface area contributed by atoms with Gasteiger partial charge >= 0.3 is 0 Å². The lowest BCUT2D eigenvalue weighted by Gasteiger charge is -2.11. The van der Waals surface area contributed by atoms with Crippen LogP contribution >= 0.6 is 0 Å². The van der Waals surface area contributed by atoms with Crippen LogP contribution in [0, 0.1) is 5.82 Å². The van der Waals surface area contributed by atoms with Gasteiger partial charge in [-0.1, -0.05) is 0 Å². The molecule has 0 saturated carbocycles. The van der Waals surface area contributed by atoms with Crippen molar-refractivity contribution in [1.82, 2.24) is 29.6 Å². The second-order valence-electron chi connectivity index (χ2n) is 6.19. The van der Waals surface area contributed by atoms with Crippen molar-refractivity contribution in [3.63, 3.8) is 0 Å². The molecular formula is C19H14FN7. The highest BCUT2D eigenvalue weighted by atomic mass is 19.1. The Morgan fingerprint density at radius 3 is 2.56 bits per heavy atom. The van der Waals surface area contributed by atoms with Gasteiger partial charge in [0.15, 0.2) is 11.7 Å². The summed E-state index contributed by atoms with van der Waals surface area (Å²) in [4.78, 5) is 4.08. The smallest absolute Gasteiger partial charge is 0.154 e. The van der Waals surface area contributed by atoms with E-state index in [1.54, 1.807) is 40.2 Å². The van der Waals surface area contributed by atoms with Crippen LogP contribution in [0.1, 0.15) is 12.2 Å². The van der Waals surface area contributed by atoms with Gasteiger partial charge in [-0.3, -0.25) is 4.98 Å². The number of aryl methyl sites for hydroxylation is 1. The van der Waals surface area contributed by atoms with Gasteiger partial charge in [0, 0.05) is 42.6 Å². The maximum absolute atomic E-state index is 13.4. The third kappa shape index (κ3) is 2.80. The molecule has 132 valence electrons. The summed E-state index contributed by atoms with van der Waals surface area (Å²) in [6.45, 7) is 0. The fourth-order valence-electron chi connectivity index (χ4n) is 3.13. The van der Waals surface area contributed by atoms with Crippen molar-refractivity contribution in [3.8, 4) is 22.4 Å². The summed E-state index contributed by atoms with van der Waals surface area (Å²) in [7, 11) is 0. The van der Waals surface area contributed by atoms with E-state index in [4.69, 9.17) is 5.10 Å². The zero-order valence-corrected chi connectivity index (χ0v) is 14.2. The normalized spacial score (nSPS) is 13.3. The monoisotopic (exact) mass is 359 g/mol. The molecule has 4 aromatic rings. The number of benzene rings is 1. The molecule has 4 heterocycles. The zero-order chi connectivity index (χ0) is 18.2. The minimum atomic E-state index is -0.277. The minimum Gasteiger partial charge on any atom is -0.265 e. The van der Waals surface area contributed by atoms with Crippen molar-refractivity contribution in [2.24, 2.45) is 5.10 Å². The summed E-state index contributed by atoms with van der Waals surface area (Å²) in [5.74, 6) is 1.35. The van der Waals surface area contributed by atoms with Crippen LogP contribution in [0.3, 0.4) is 0 Å². The highest BCUT2D eigenvalue weighted by molar-refractivity contribution is 5.88. The number of fused-ring (bicyclic) bond motifs is 1. The minimum absolute atomic E-state index is 0.277. The molecule has 0 fully saturated rings. The summed E-state index contributed by atoms with van der Waals surface area (Å²) in [6, 6.07) is 10.2. The molecule has 7 nitrogen and oxygen atoms in total. The highest BCUT2D eigenvalue weighted by Gasteiger charge is 2.19. The van der Waals surface area contributed by atoms with E-state index in [9.17, 15) is 4.39 Å². The molecule has 3 aromatic heterocycles. The van der Waals surface area contributed by atoms with Crippen molar-refractivity contribution in [2.45, 2.75) is 12.8 Å². The second kappa shape index (κ2) is 6.24. The summed E-state index contributed by atoms with van der Waals surface area (Å²) < 4.78 is 16.8. The fraction of sp³-hybridized carbons (Fsp3) is 0.105. The van der Waals surface area contributed by atoms with Gasteiger partial charge in [-0.15, -0.1) is 10.2 Å². The lowest BCUT2D eigenvalue weighted by molar-refractivity contribution is 0.628. The Labute approximate surface area is 153 Å². The molecule has 5 rings (SSSR count). The summed E-state index contributed by atoms with van der Waals surface area (Å²) in [5.41, 5.74) is 3.51. The summed E-state index contributed by atoms with van der Waals surface area (Å²) in [5, 5.41) is 17.3. The predicted molar refractivity (Wildman–Crippen MR) is 97.4 cm³/mol. The Kier molecular flexibility index (Phi) is 3.60. The molecule has 0 aliphatic carbocycles. The van der Waals surface area contributed by atoms with Gasteiger partial charge < -0.3 is 0 Å². The van der Waals surface area contributed by atoms with Crippen molar-refractivity contribution in [2.75, 3.05) is 0 Å². The van der Waals surface area contributed by atoms with Crippen LogP contribution in [-0.2, 0) is 6.42 Å². The molecule has 0 spiro atoms. The van der Waals surface area contributed by atoms with Crippen LogP contribution in [0.25, 0.3) is 22.4 Å². The van der Waals surface area contributed by atoms with E-state index in [1.165, 1.54) is 12.1 Å². The van der Waals surface area contributed by atoms with E-state index in [1.807, 2.05) is 18.3 Å². The van der Waals surface area contributed by atoms with Crippen LogP contribution in [-0.4, -0.2) is 35.5 Å². The number of aromatic nitrogens is 6. The van der Waals surface area contributed by atoms with Gasteiger partial charge in [-0.05, 0) is 42.0 Å². The van der Waals surface area contributed by atoms with E-state index in [0.29, 0.717) is 6.42 Å². The zero-order valence-electron chi connectivity index (χ0n) is 14.2. The molecule has 0 N–H and O–H groups in total. The first kappa shape index (κ1) is 15.6. The first-order chi connectivity index (χ1) is 13.3. The van der Waals surface area contributed by atoms with Crippen LogP contribution in [0.4, 0.5) is 4.39 Å². The van der Waals surface area contributed by atoms with Gasteiger partial charge in [0.25, 0.3) is 0 Å². The number of nitrogens with zero attached hydrogens (tertiary/aromatic N) is 7. The largest absolute Gasteiger partial charge is 0.265 e. The molecule has 8 heteroatoms. The molecular weight excluding hydrogens is 345 g/mol. The van der Waals surface area contributed by atoms with E-state index in [0.717, 1.165) is 40.5 Å². The number of rotatable bonds is 2. The van der Waals surface area contributed by atoms with E-state index in [-0.39, 0.29) is 5.82 Å². The van der Waals surface area contributed by atoms with Crippen molar-refractivity contribution in [3.05, 3.63) is 73.0 Å². The predicted octanol–water partition coefficient (Wildman–Crippen LogP) is 3.00. The third-order valence-corrected chi connectivity index (χ3v) is 4.48. The quantitative estimate of drug-likeness (QED) is 0.551. The standard InChI is InChI=1S/C19H14FN7/c20-15-3-1-14(2-4-15)19-16(13-7-9-21-10-8-13)11-26(25-19)18-6-5-17-23-22-12-27(17)24-18/h1-4,7-12H,5-6H2. The van der Waals surface area contributed by atoms with Gasteiger partial charge in [0.05, 0.1) is 0 Å². The Morgan fingerprint density at radius 1 is 0.926 bits per heavy atom. The van der Waals surface area contributed by atoms with Gasteiger partial charge in [-0.25, -0.2) is 13.7 Å². The van der Waals surface area contributed by atoms with E-state index in [2.05, 4.69) is 20.3 Å². The van der Waals surface area contributed by atoms with E-state index < -0.39 is 0 Å². The highest BCUT2D eigenvalue weighted by Crippen LogP contribution is 2.31. The molecule has 0 radical (unpaired) electrons. The lowest BCUT2D eigenvalue weighted by Crippen LogP contribution is -2.20.